The molecule has 1 aliphatic heterocycles. The second-order valence-electron chi connectivity index (χ2n) is 5.32. The molecule has 0 saturated carbocycles. The van der Waals surface area contributed by atoms with Gasteiger partial charge in [0.05, 0.1) is 29.3 Å². The zero-order valence-electron chi connectivity index (χ0n) is 13.4. The number of imide groups is 1. The van der Waals surface area contributed by atoms with Gasteiger partial charge in [0.2, 0.25) is 0 Å². The summed E-state index contributed by atoms with van der Waals surface area (Å²) in [7, 11) is 0. The van der Waals surface area contributed by atoms with Crippen LogP contribution in [0.2, 0.25) is 0 Å². The van der Waals surface area contributed by atoms with Crippen LogP contribution in [0, 0.1) is 10.1 Å². The number of rotatable bonds is 6. The third kappa shape index (κ3) is 3.14. The molecule has 25 heavy (non-hydrogen) atoms. The molecule has 2 amide bonds. The summed E-state index contributed by atoms with van der Waals surface area (Å²) >= 11 is 0. The number of anilines is 1. The summed E-state index contributed by atoms with van der Waals surface area (Å²) in [6.45, 7) is 2.42. The zero-order chi connectivity index (χ0) is 18.0. The van der Waals surface area contributed by atoms with Crippen LogP contribution in [-0.2, 0) is 0 Å². The third-order valence-electron chi connectivity index (χ3n) is 3.77. The predicted molar refractivity (Wildman–Crippen MR) is 89.7 cm³/mol. The number of fused-ring (bicyclic) bond motifs is 1. The second-order valence-corrected chi connectivity index (χ2v) is 5.32. The average molecular weight is 341 g/mol. The molecule has 0 fully saturated rings. The van der Waals surface area contributed by atoms with Crippen LogP contribution in [0.1, 0.15) is 27.6 Å². The summed E-state index contributed by atoms with van der Waals surface area (Å²) in [6.07, 6.45) is 0. The van der Waals surface area contributed by atoms with Crippen molar-refractivity contribution in [2.45, 2.75) is 6.92 Å². The Labute approximate surface area is 143 Å². The molecule has 1 aliphatic rings. The van der Waals surface area contributed by atoms with Gasteiger partial charge in [-0.1, -0.05) is 0 Å². The van der Waals surface area contributed by atoms with Gasteiger partial charge < -0.3 is 10.1 Å². The van der Waals surface area contributed by atoms with Gasteiger partial charge in [-0.15, -0.1) is 0 Å². The van der Waals surface area contributed by atoms with E-state index in [2.05, 4.69) is 5.32 Å². The van der Waals surface area contributed by atoms with Crippen LogP contribution in [-0.4, -0.2) is 34.9 Å². The van der Waals surface area contributed by atoms with Gasteiger partial charge in [-0.3, -0.25) is 24.6 Å². The summed E-state index contributed by atoms with van der Waals surface area (Å²) in [6, 6.07) is 10.8. The van der Waals surface area contributed by atoms with E-state index in [1.807, 2.05) is 6.92 Å². The molecule has 0 unspecified atom stereocenters. The smallest absolute Gasteiger partial charge is 0.270 e. The number of nitrogens with one attached hydrogen (secondary N) is 1. The molecule has 0 aromatic heterocycles. The van der Waals surface area contributed by atoms with Gasteiger partial charge in [-0.25, -0.2) is 0 Å². The Balaban J connectivity index is 1.72. The van der Waals surface area contributed by atoms with Crippen molar-refractivity contribution < 1.29 is 19.2 Å². The fraction of sp³-hybridized carbons (Fsp3) is 0.176. The Morgan fingerprint density at radius 2 is 1.76 bits per heavy atom. The van der Waals surface area contributed by atoms with Crippen LogP contribution in [0.3, 0.4) is 0 Å². The van der Waals surface area contributed by atoms with Crippen molar-refractivity contribution in [1.29, 1.82) is 0 Å². The third-order valence-corrected chi connectivity index (χ3v) is 3.77. The largest absolute Gasteiger partial charge is 0.494 e. The highest BCUT2D eigenvalue weighted by atomic mass is 16.6. The number of hydrogen-bond donors (Lipinski definition) is 1. The molecule has 0 aliphatic carbocycles. The maximum atomic E-state index is 12.4. The molecule has 0 saturated heterocycles. The van der Waals surface area contributed by atoms with E-state index in [9.17, 15) is 19.7 Å². The minimum atomic E-state index is -0.598. The molecule has 3 rings (SSSR count). The number of ether oxygens (including phenoxy) is 1. The summed E-state index contributed by atoms with van der Waals surface area (Å²) < 4.78 is 5.34. The Morgan fingerprint density at radius 1 is 1.08 bits per heavy atom. The van der Waals surface area contributed by atoms with E-state index in [0.717, 1.165) is 16.7 Å². The molecular weight excluding hydrogens is 326 g/mol. The minimum Gasteiger partial charge on any atom is -0.494 e. The first-order valence-electron chi connectivity index (χ1n) is 7.62. The van der Waals surface area contributed by atoms with E-state index in [1.54, 1.807) is 24.3 Å². The number of nitro benzene ring substituents is 1. The van der Waals surface area contributed by atoms with Crippen molar-refractivity contribution in [2.75, 3.05) is 18.6 Å². The van der Waals surface area contributed by atoms with Gasteiger partial charge >= 0.3 is 0 Å². The van der Waals surface area contributed by atoms with Gasteiger partial charge in [0, 0.05) is 17.8 Å². The van der Waals surface area contributed by atoms with Crippen LogP contribution >= 0.6 is 0 Å². The first kappa shape index (κ1) is 16.4. The van der Waals surface area contributed by atoms with Crippen molar-refractivity contribution in [3.63, 3.8) is 0 Å². The number of nitro groups is 1. The van der Waals surface area contributed by atoms with Gasteiger partial charge in [-0.2, -0.15) is 0 Å². The topological polar surface area (TPSA) is 102 Å². The minimum absolute atomic E-state index is 0.0336. The van der Waals surface area contributed by atoms with Gasteiger partial charge in [-0.05, 0) is 37.3 Å². The number of benzene rings is 2. The van der Waals surface area contributed by atoms with Crippen molar-refractivity contribution in [3.8, 4) is 5.75 Å². The first-order chi connectivity index (χ1) is 12.0. The number of carbonyl (C=O) groups is 2. The summed E-state index contributed by atoms with van der Waals surface area (Å²) in [5.74, 6) is -0.309. The molecule has 8 heteroatoms. The van der Waals surface area contributed by atoms with E-state index in [4.69, 9.17) is 4.74 Å². The number of carbonyl (C=O) groups excluding carboxylic acids is 2. The normalized spacial score (nSPS) is 12.9. The van der Waals surface area contributed by atoms with Crippen LogP contribution in [0.25, 0.3) is 0 Å². The van der Waals surface area contributed by atoms with E-state index >= 15 is 0 Å². The average Bonchev–Trinajstić information content (AvgIpc) is 2.85. The number of hydrogen-bond acceptors (Lipinski definition) is 6. The van der Waals surface area contributed by atoms with E-state index < -0.39 is 16.7 Å². The molecule has 2 aromatic rings. The Morgan fingerprint density at radius 3 is 2.40 bits per heavy atom. The molecule has 1 N–H and O–H groups in total. The lowest BCUT2D eigenvalue weighted by Gasteiger charge is -2.15. The van der Waals surface area contributed by atoms with E-state index in [1.165, 1.54) is 12.1 Å². The lowest BCUT2D eigenvalue weighted by Crippen LogP contribution is -2.34. The molecule has 8 nitrogen and oxygen atoms in total. The molecule has 2 aromatic carbocycles. The maximum absolute atomic E-state index is 12.4. The van der Waals surface area contributed by atoms with Crippen molar-refractivity contribution in [2.24, 2.45) is 0 Å². The van der Waals surface area contributed by atoms with Crippen molar-refractivity contribution in [1.82, 2.24) is 4.90 Å². The Hall–Kier alpha value is -3.42. The predicted octanol–water partition coefficient (Wildman–Crippen LogP) is 2.66. The zero-order valence-corrected chi connectivity index (χ0v) is 13.4. The monoisotopic (exact) mass is 341 g/mol. The van der Waals surface area contributed by atoms with Gasteiger partial charge in [0.1, 0.15) is 5.75 Å². The Kier molecular flexibility index (Phi) is 4.34. The second kappa shape index (κ2) is 6.60. The van der Waals surface area contributed by atoms with Crippen LogP contribution in [0.5, 0.6) is 5.75 Å². The van der Waals surface area contributed by atoms with Gasteiger partial charge in [0.15, 0.2) is 0 Å². The van der Waals surface area contributed by atoms with Gasteiger partial charge in [0.25, 0.3) is 17.5 Å². The van der Waals surface area contributed by atoms with Crippen molar-refractivity contribution in [3.05, 3.63) is 63.7 Å². The summed E-state index contributed by atoms with van der Waals surface area (Å²) in [5.41, 5.74) is 0.712. The number of amides is 2. The fourth-order valence-corrected chi connectivity index (χ4v) is 2.54. The number of nitrogens with zero attached hydrogens (tertiary/aromatic N) is 2. The molecule has 128 valence electrons. The Bertz CT molecular complexity index is 848. The number of non-ortho nitro benzene ring substituents is 1. The standard InChI is InChI=1S/C17H15N3O5/c1-2-25-13-6-3-11(4-7-13)18-10-19-16(21)14-8-5-12(20(23)24)9-15(14)17(19)22/h3-9,18H,2,10H2,1H3. The lowest BCUT2D eigenvalue weighted by molar-refractivity contribution is -0.384. The molecular formula is C17H15N3O5. The fourth-order valence-electron chi connectivity index (χ4n) is 2.54. The highest BCUT2D eigenvalue weighted by Gasteiger charge is 2.36. The van der Waals surface area contributed by atoms with Crippen LogP contribution in [0.15, 0.2) is 42.5 Å². The maximum Gasteiger partial charge on any atom is 0.270 e. The summed E-state index contributed by atoms with van der Waals surface area (Å²) in [4.78, 5) is 35.9. The molecule has 0 spiro atoms. The highest BCUT2D eigenvalue weighted by molar-refractivity contribution is 6.21. The highest BCUT2D eigenvalue weighted by Crippen LogP contribution is 2.27. The van der Waals surface area contributed by atoms with Crippen LogP contribution < -0.4 is 10.1 Å². The molecule has 0 atom stereocenters. The van der Waals surface area contributed by atoms with Crippen LogP contribution in [0.4, 0.5) is 11.4 Å². The van der Waals surface area contributed by atoms with E-state index in [0.29, 0.717) is 12.3 Å². The first-order valence-corrected chi connectivity index (χ1v) is 7.62. The molecule has 0 radical (unpaired) electrons. The van der Waals surface area contributed by atoms with E-state index in [-0.39, 0.29) is 23.5 Å². The van der Waals surface area contributed by atoms with Crippen molar-refractivity contribution >= 4 is 23.2 Å². The lowest BCUT2D eigenvalue weighted by atomic mass is 10.1. The SMILES string of the molecule is CCOc1ccc(NCN2C(=O)c3ccc([N+](=O)[O-])cc3C2=O)cc1. The summed E-state index contributed by atoms with van der Waals surface area (Å²) in [5, 5.41) is 13.8. The quantitative estimate of drug-likeness (QED) is 0.492. The molecule has 0 bridgehead atoms. The molecule has 1 heterocycles.